The lowest BCUT2D eigenvalue weighted by Gasteiger charge is -2.30. The van der Waals surface area contributed by atoms with Gasteiger partial charge in [-0.05, 0) is 18.2 Å². The van der Waals surface area contributed by atoms with Gasteiger partial charge >= 0.3 is 0 Å². The molecule has 3 aromatic rings. The molecule has 0 saturated carbocycles. The normalized spacial score (nSPS) is 14.6. The number of hydrogen-bond acceptors (Lipinski definition) is 5. The van der Waals surface area contributed by atoms with E-state index in [0.29, 0.717) is 54.0 Å². The van der Waals surface area contributed by atoms with Gasteiger partial charge in [0.2, 0.25) is 0 Å². The second kappa shape index (κ2) is 6.49. The summed E-state index contributed by atoms with van der Waals surface area (Å²) in [5.41, 5.74) is 0.869. The van der Waals surface area contributed by atoms with Crippen molar-refractivity contribution >= 4 is 22.4 Å². The molecule has 0 radical (unpaired) electrons. The van der Waals surface area contributed by atoms with Crippen molar-refractivity contribution in [3.63, 3.8) is 0 Å². The van der Waals surface area contributed by atoms with E-state index in [-0.39, 0.29) is 11.3 Å². The standard InChI is InChI=1S/C19H17N3O3/c23-17(13-5-7-20-8-6-13)16-14-3-1-2-4-15(14)19(24)21-18(16)22-9-11-25-12-10-22/h1-8H,9-12H2,(H,21,24). The highest BCUT2D eigenvalue weighted by Gasteiger charge is 2.24. The Morgan fingerprint density at radius 3 is 2.44 bits per heavy atom. The third kappa shape index (κ3) is 2.81. The zero-order chi connectivity index (χ0) is 17.2. The van der Waals surface area contributed by atoms with E-state index in [1.54, 1.807) is 36.7 Å². The smallest absolute Gasteiger partial charge is 0.257 e. The molecule has 126 valence electrons. The van der Waals surface area contributed by atoms with Crippen molar-refractivity contribution < 1.29 is 9.53 Å². The van der Waals surface area contributed by atoms with Crippen LogP contribution in [0.4, 0.5) is 5.82 Å². The number of morpholine rings is 1. The van der Waals surface area contributed by atoms with Gasteiger partial charge in [0.25, 0.3) is 5.56 Å². The Labute approximate surface area is 144 Å². The first-order valence-corrected chi connectivity index (χ1v) is 8.18. The van der Waals surface area contributed by atoms with Gasteiger partial charge in [0.15, 0.2) is 5.78 Å². The molecular formula is C19H17N3O3. The van der Waals surface area contributed by atoms with Crippen LogP contribution in [-0.4, -0.2) is 42.1 Å². The Morgan fingerprint density at radius 2 is 1.72 bits per heavy atom. The molecule has 3 heterocycles. The molecule has 0 spiro atoms. The van der Waals surface area contributed by atoms with E-state index in [9.17, 15) is 9.59 Å². The number of benzene rings is 1. The van der Waals surface area contributed by atoms with E-state index in [0.717, 1.165) is 0 Å². The van der Waals surface area contributed by atoms with E-state index in [1.165, 1.54) is 0 Å². The lowest BCUT2D eigenvalue weighted by Crippen LogP contribution is -2.38. The highest BCUT2D eigenvalue weighted by atomic mass is 16.5. The van der Waals surface area contributed by atoms with Gasteiger partial charge in [-0.3, -0.25) is 14.6 Å². The van der Waals surface area contributed by atoms with Gasteiger partial charge in [0.05, 0.1) is 18.8 Å². The lowest BCUT2D eigenvalue weighted by molar-refractivity contribution is 0.103. The summed E-state index contributed by atoms with van der Waals surface area (Å²) in [4.78, 5) is 34.6. The van der Waals surface area contributed by atoms with Gasteiger partial charge in [0, 0.05) is 41.8 Å². The second-order valence-corrected chi connectivity index (χ2v) is 5.89. The van der Waals surface area contributed by atoms with Crippen LogP contribution in [-0.2, 0) is 4.74 Å². The van der Waals surface area contributed by atoms with Crippen molar-refractivity contribution in [3.05, 3.63) is 70.3 Å². The molecule has 1 aromatic carbocycles. The van der Waals surface area contributed by atoms with Crippen molar-refractivity contribution in [2.24, 2.45) is 0 Å². The van der Waals surface area contributed by atoms with E-state index < -0.39 is 0 Å². The number of ether oxygens (including phenoxy) is 1. The number of anilines is 1. The zero-order valence-corrected chi connectivity index (χ0v) is 13.6. The summed E-state index contributed by atoms with van der Waals surface area (Å²) in [6.07, 6.45) is 3.19. The number of nitrogens with zero attached hydrogens (tertiary/aromatic N) is 2. The molecular weight excluding hydrogens is 318 g/mol. The fourth-order valence-electron chi connectivity index (χ4n) is 3.17. The average Bonchev–Trinajstić information content (AvgIpc) is 2.69. The van der Waals surface area contributed by atoms with Crippen LogP contribution in [0, 0.1) is 0 Å². The monoisotopic (exact) mass is 335 g/mol. The number of hydrogen-bond donors (Lipinski definition) is 1. The third-order valence-corrected chi connectivity index (χ3v) is 4.41. The van der Waals surface area contributed by atoms with Crippen molar-refractivity contribution in [3.8, 4) is 0 Å². The molecule has 1 fully saturated rings. The van der Waals surface area contributed by atoms with E-state index in [4.69, 9.17) is 4.74 Å². The molecule has 0 amide bonds. The minimum absolute atomic E-state index is 0.128. The quantitative estimate of drug-likeness (QED) is 0.741. The molecule has 0 unspecified atom stereocenters. The fourth-order valence-corrected chi connectivity index (χ4v) is 3.17. The summed E-state index contributed by atoms with van der Waals surface area (Å²) in [6, 6.07) is 10.6. The number of aromatic nitrogens is 2. The van der Waals surface area contributed by atoms with Gasteiger partial charge < -0.3 is 14.6 Å². The number of pyridine rings is 2. The fraction of sp³-hybridized carbons (Fsp3) is 0.211. The Hall–Kier alpha value is -2.99. The van der Waals surface area contributed by atoms with Crippen LogP contribution in [0.5, 0.6) is 0 Å². The molecule has 1 aliphatic heterocycles. The van der Waals surface area contributed by atoms with Crippen LogP contribution >= 0.6 is 0 Å². The van der Waals surface area contributed by atoms with Crippen LogP contribution in [0.15, 0.2) is 53.6 Å². The number of carbonyl (C=O) groups excluding carboxylic acids is 1. The Bertz CT molecular complexity index is 976. The van der Waals surface area contributed by atoms with E-state index >= 15 is 0 Å². The van der Waals surface area contributed by atoms with Crippen LogP contribution in [0.1, 0.15) is 15.9 Å². The number of fused-ring (bicyclic) bond motifs is 1. The summed E-state index contributed by atoms with van der Waals surface area (Å²) < 4.78 is 5.40. The first-order chi connectivity index (χ1) is 12.3. The molecule has 1 N–H and O–H groups in total. The predicted molar refractivity (Wildman–Crippen MR) is 95.3 cm³/mol. The van der Waals surface area contributed by atoms with Gasteiger partial charge in [-0.25, -0.2) is 0 Å². The minimum atomic E-state index is -0.191. The number of aromatic amines is 1. The molecule has 4 rings (SSSR count). The third-order valence-electron chi connectivity index (χ3n) is 4.41. The Kier molecular flexibility index (Phi) is 4.03. The number of nitrogens with one attached hydrogen (secondary N) is 1. The van der Waals surface area contributed by atoms with Crippen molar-refractivity contribution in [2.45, 2.75) is 0 Å². The van der Waals surface area contributed by atoms with E-state index in [2.05, 4.69) is 9.97 Å². The molecule has 2 aromatic heterocycles. The first kappa shape index (κ1) is 15.5. The first-order valence-electron chi connectivity index (χ1n) is 8.18. The topological polar surface area (TPSA) is 75.3 Å². The largest absolute Gasteiger partial charge is 0.378 e. The maximum absolute atomic E-state index is 13.2. The summed E-state index contributed by atoms with van der Waals surface area (Å²) in [5, 5.41) is 1.17. The van der Waals surface area contributed by atoms with Crippen LogP contribution in [0.25, 0.3) is 10.8 Å². The van der Waals surface area contributed by atoms with Gasteiger partial charge in [0.1, 0.15) is 5.82 Å². The number of ketones is 1. The van der Waals surface area contributed by atoms with Crippen LogP contribution in [0.2, 0.25) is 0 Å². The predicted octanol–water partition coefficient (Wildman–Crippen LogP) is 1.99. The van der Waals surface area contributed by atoms with Crippen LogP contribution < -0.4 is 10.5 Å². The molecule has 1 aliphatic rings. The summed E-state index contributed by atoms with van der Waals surface area (Å²) in [6.45, 7) is 2.39. The SMILES string of the molecule is O=C(c1ccncc1)c1c(N2CCOCC2)[nH]c(=O)c2ccccc12. The number of carbonyl (C=O) groups is 1. The highest BCUT2D eigenvalue weighted by Crippen LogP contribution is 2.27. The average molecular weight is 335 g/mol. The van der Waals surface area contributed by atoms with Crippen molar-refractivity contribution in [1.82, 2.24) is 9.97 Å². The molecule has 0 bridgehead atoms. The lowest BCUT2D eigenvalue weighted by atomic mass is 9.98. The number of rotatable bonds is 3. The molecule has 6 heteroatoms. The van der Waals surface area contributed by atoms with Crippen LogP contribution in [0.3, 0.4) is 0 Å². The Balaban J connectivity index is 1.97. The maximum atomic E-state index is 13.2. The molecule has 0 atom stereocenters. The maximum Gasteiger partial charge on any atom is 0.257 e. The summed E-state index contributed by atoms with van der Waals surface area (Å²) in [7, 11) is 0. The molecule has 0 aliphatic carbocycles. The summed E-state index contributed by atoms with van der Waals surface area (Å²) >= 11 is 0. The molecule has 25 heavy (non-hydrogen) atoms. The summed E-state index contributed by atoms with van der Waals surface area (Å²) in [5.74, 6) is 0.435. The van der Waals surface area contributed by atoms with Crippen molar-refractivity contribution in [2.75, 3.05) is 31.2 Å². The minimum Gasteiger partial charge on any atom is -0.378 e. The van der Waals surface area contributed by atoms with Gasteiger partial charge in [-0.15, -0.1) is 0 Å². The Morgan fingerprint density at radius 1 is 1.04 bits per heavy atom. The zero-order valence-electron chi connectivity index (χ0n) is 13.6. The highest BCUT2D eigenvalue weighted by molar-refractivity contribution is 6.19. The number of H-pyrrole nitrogens is 1. The van der Waals surface area contributed by atoms with Gasteiger partial charge in [-0.1, -0.05) is 18.2 Å². The van der Waals surface area contributed by atoms with Gasteiger partial charge in [-0.2, -0.15) is 0 Å². The van der Waals surface area contributed by atoms with E-state index in [1.807, 2.05) is 17.0 Å². The molecule has 6 nitrogen and oxygen atoms in total. The molecule has 1 saturated heterocycles. The van der Waals surface area contributed by atoms with Crippen molar-refractivity contribution in [1.29, 1.82) is 0 Å². The second-order valence-electron chi connectivity index (χ2n) is 5.89.